The van der Waals surface area contributed by atoms with Gasteiger partial charge in [0.1, 0.15) is 0 Å². The Labute approximate surface area is 153 Å². The number of unbranched alkanes of at least 4 members (excludes halogenated alkanes) is 11. The highest BCUT2D eigenvalue weighted by molar-refractivity contribution is 4.77. The Hall–Kier alpha value is -0.0400. The van der Waals surface area contributed by atoms with Crippen LogP contribution in [0.25, 0.3) is 0 Å². The highest BCUT2D eigenvalue weighted by Gasteiger charge is 2.19. The summed E-state index contributed by atoms with van der Waals surface area (Å²) in [5.74, 6) is 0.967. The van der Waals surface area contributed by atoms with Crippen LogP contribution in [0, 0.1) is 5.92 Å². The van der Waals surface area contributed by atoms with E-state index >= 15 is 0 Å². The first-order valence-electron chi connectivity index (χ1n) is 11.5. The van der Waals surface area contributed by atoms with E-state index in [9.17, 15) is 0 Å². The fourth-order valence-corrected chi connectivity index (χ4v) is 4.20. The molecule has 0 aromatic rings. The van der Waals surface area contributed by atoms with Crippen molar-refractivity contribution in [2.75, 3.05) is 0 Å². The molecule has 1 aliphatic rings. The highest BCUT2D eigenvalue weighted by atomic mass is 14.9. The summed E-state index contributed by atoms with van der Waals surface area (Å²) in [4.78, 5) is 0. The van der Waals surface area contributed by atoms with Gasteiger partial charge in [0.2, 0.25) is 0 Å². The van der Waals surface area contributed by atoms with Gasteiger partial charge in [-0.15, -0.1) is 0 Å². The molecule has 0 radical (unpaired) electrons. The maximum atomic E-state index is 3.88. The van der Waals surface area contributed by atoms with Gasteiger partial charge in [-0.1, -0.05) is 90.9 Å². The van der Waals surface area contributed by atoms with Crippen molar-refractivity contribution in [2.24, 2.45) is 5.92 Å². The molecule has 0 saturated heterocycles. The van der Waals surface area contributed by atoms with Crippen LogP contribution in [0.15, 0.2) is 0 Å². The lowest BCUT2D eigenvalue weighted by Crippen LogP contribution is -2.38. The fourth-order valence-electron chi connectivity index (χ4n) is 4.20. The third-order valence-corrected chi connectivity index (χ3v) is 6.03. The summed E-state index contributed by atoms with van der Waals surface area (Å²) < 4.78 is 0. The van der Waals surface area contributed by atoms with Crippen molar-refractivity contribution < 1.29 is 0 Å². The van der Waals surface area contributed by atoms with Crippen LogP contribution < -0.4 is 5.32 Å². The van der Waals surface area contributed by atoms with Gasteiger partial charge in [-0.25, -0.2) is 0 Å². The first-order chi connectivity index (χ1) is 11.7. The zero-order valence-corrected chi connectivity index (χ0v) is 17.3. The number of hydrogen-bond donors (Lipinski definition) is 1. The van der Waals surface area contributed by atoms with E-state index in [-0.39, 0.29) is 0 Å². The van der Waals surface area contributed by atoms with Crippen LogP contribution in [-0.4, -0.2) is 12.1 Å². The average molecular weight is 338 g/mol. The second-order valence-electron chi connectivity index (χ2n) is 8.70. The Bertz CT molecular complexity index is 255. The summed E-state index contributed by atoms with van der Waals surface area (Å²) in [6.07, 6.45) is 24.5. The molecule has 1 nitrogen and oxygen atoms in total. The molecule has 1 fully saturated rings. The summed E-state index contributed by atoms with van der Waals surface area (Å²) in [5, 5.41) is 3.88. The van der Waals surface area contributed by atoms with E-state index in [0.717, 1.165) is 18.0 Å². The smallest absolute Gasteiger partial charge is 0.00697 e. The molecule has 1 heteroatoms. The second kappa shape index (κ2) is 15.2. The van der Waals surface area contributed by atoms with Crippen LogP contribution in [0.4, 0.5) is 0 Å². The Kier molecular flexibility index (Phi) is 14.0. The van der Waals surface area contributed by atoms with E-state index in [1.165, 1.54) is 109 Å². The summed E-state index contributed by atoms with van der Waals surface area (Å²) in [5.41, 5.74) is 0. The lowest BCUT2D eigenvalue weighted by atomic mass is 9.87. The molecule has 0 aromatic carbocycles. The van der Waals surface area contributed by atoms with Crippen molar-refractivity contribution in [3.63, 3.8) is 0 Å². The topological polar surface area (TPSA) is 12.0 Å². The second-order valence-corrected chi connectivity index (χ2v) is 8.70. The van der Waals surface area contributed by atoms with Crippen molar-refractivity contribution in [2.45, 2.75) is 142 Å². The van der Waals surface area contributed by atoms with E-state index in [0.29, 0.717) is 0 Å². The molecule has 0 heterocycles. The normalized spacial score (nSPS) is 22.6. The third-order valence-electron chi connectivity index (χ3n) is 6.03. The first-order valence-corrected chi connectivity index (χ1v) is 11.5. The molecule has 0 aromatic heterocycles. The standard InChI is InChI=1S/C23H47N/c1-4-5-6-7-8-9-10-11-12-13-14-15-16-22(3)24-23-19-17-21(2)18-20-23/h21-24H,4-20H2,1-3H3. The largest absolute Gasteiger partial charge is 0.312 e. The van der Waals surface area contributed by atoms with Crippen LogP contribution in [0.5, 0.6) is 0 Å². The molecule has 1 aliphatic carbocycles. The Morgan fingerprint density at radius 1 is 0.708 bits per heavy atom. The molecule has 1 N–H and O–H groups in total. The predicted molar refractivity (Wildman–Crippen MR) is 110 cm³/mol. The van der Waals surface area contributed by atoms with Crippen molar-refractivity contribution in [1.29, 1.82) is 0 Å². The molecular formula is C23H47N. The molecule has 24 heavy (non-hydrogen) atoms. The molecule has 0 amide bonds. The van der Waals surface area contributed by atoms with Gasteiger partial charge in [0, 0.05) is 12.1 Å². The van der Waals surface area contributed by atoms with Gasteiger partial charge in [0.25, 0.3) is 0 Å². The minimum atomic E-state index is 0.728. The van der Waals surface area contributed by atoms with Gasteiger partial charge >= 0.3 is 0 Å². The maximum Gasteiger partial charge on any atom is 0.00697 e. The molecule has 1 atom stereocenters. The number of nitrogens with one attached hydrogen (secondary N) is 1. The number of hydrogen-bond acceptors (Lipinski definition) is 1. The minimum Gasteiger partial charge on any atom is -0.312 e. The average Bonchev–Trinajstić information content (AvgIpc) is 2.58. The predicted octanol–water partition coefficient (Wildman–Crippen LogP) is 7.63. The van der Waals surface area contributed by atoms with Crippen LogP contribution in [0.2, 0.25) is 0 Å². The molecule has 144 valence electrons. The van der Waals surface area contributed by atoms with E-state index < -0.39 is 0 Å². The number of rotatable bonds is 15. The molecule has 0 aliphatic heterocycles. The maximum absolute atomic E-state index is 3.88. The molecule has 1 rings (SSSR count). The Balaban J connectivity index is 1.79. The Morgan fingerprint density at radius 3 is 1.67 bits per heavy atom. The first kappa shape index (κ1) is 22.0. The van der Waals surface area contributed by atoms with Crippen molar-refractivity contribution >= 4 is 0 Å². The van der Waals surface area contributed by atoms with Gasteiger partial charge < -0.3 is 5.32 Å². The summed E-state index contributed by atoms with van der Waals surface area (Å²) in [7, 11) is 0. The zero-order valence-electron chi connectivity index (χ0n) is 17.3. The Morgan fingerprint density at radius 2 is 1.17 bits per heavy atom. The lowest BCUT2D eigenvalue weighted by molar-refractivity contribution is 0.284. The quantitative estimate of drug-likeness (QED) is 0.303. The van der Waals surface area contributed by atoms with Crippen LogP contribution >= 0.6 is 0 Å². The van der Waals surface area contributed by atoms with Gasteiger partial charge in [0.15, 0.2) is 0 Å². The summed E-state index contributed by atoms with van der Waals surface area (Å²) in [6.45, 7) is 7.11. The van der Waals surface area contributed by atoms with Gasteiger partial charge in [-0.3, -0.25) is 0 Å². The summed E-state index contributed by atoms with van der Waals surface area (Å²) in [6, 6.07) is 1.54. The highest BCUT2D eigenvalue weighted by Crippen LogP contribution is 2.24. The van der Waals surface area contributed by atoms with Crippen LogP contribution in [-0.2, 0) is 0 Å². The lowest BCUT2D eigenvalue weighted by Gasteiger charge is -2.29. The van der Waals surface area contributed by atoms with E-state index in [4.69, 9.17) is 0 Å². The molecule has 1 unspecified atom stereocenters. The molecule has 0 spiro atoms. The summed E-state index contributed by atoms with van der Waals surface area (Å²) >= 11 is 0. The van der Waals surface area contributed by atoms with Crippen molar-refractivity contribution in [3.8, 4) is 0 Å². The van der Waals surface area contributed by atoms with Gasteiger partial charge in [-0.2, -0.15) is 0 Å². The molecule has 1 saturated carbocycles. The SMILES string of the molecule is CCCCCCCCCCCCCCC(C)NC1CCC(C)CC1. The molecular weight excluding hydrogens is 290 g/mol. The van der Waals surface area contributed by atoms with E-state index in [2.05, 4.69) is 26.1 Å². The van der Waals surface area contributed by atoms with Crippen LogP contribution in [0.3, 0.4) is 0 Å². The molecule has 0 bridgehead atoms. The fraction of sp³-hybridized carbons (Fsp3) is 1.00. The minimum absolute atomic E-state index is 0.728. The monoisotopic (exact) mass is 337 g/mol. The van der Waals surface area contributed by atoms with Gasteiger partial charge in [-0.05, 0) is 44.9 Å². The van der Waals surface area contributed by atoms with Gasteiger partial charge in [0.05, 0.1) is 0 Å². The van der Waals surface area contributed by atoms with Crippen molar-refractivity contribution in [3.05, 3.63) is 0 Å². The van der Waals surface area contributed by atoms with Crippen LogP contribution in [0.1, 0.15) is 130 Å². The van der Waals surface area contributed by atoms with E-state index in [1.54, 1.807) is 0 Å². The third kappa shape index (κ3) is 12.3. The van der Waals surface area contributed by atoms with E-state index in [1.807, 2.05) is 0 Å². The van der Waals surface area contributed by atoms with Crippen molar-refractivity contribution in [1.82, 2.24) is 5.32 Å². The zero-order chi connectivity index (χ0) is 17.5.